The van der Waals surface area contributed by atoms with E-state index < -0.39 is 5.97 Å². The van der Waals surface area contributed by atoms with Crippen LogP contribution in [0.5, 0.6) is 0 Å². The number of aromatic amines is 1. The van der Waals surface area contributed by atoms with Gasteiger partial charge in [-0.2, -0.15) is 5.26 Å². The molecule has 0 bridgehead atoms. The molecule has 0 atom stereocenters. The number of rotatable bonds is 2. The number of nitriles is 1. The standard InChI is InChI=1S/C17H15N3O3/c1-4-23-17(22)14-9(2)13-15(19-14)11-7-10(8-18)5-6-12(11)20(3)16(13)21/h5-7,19H,4H2,1-3H3. The fourth-order valence-corrected chi connectivity index (χ4v) is 2.85. The fourth-order valence-electron chi connectivity index (χ4n) is 2.85. The summed E-state index contributed by atoms with van der Waals surface area (Å²) in [6.45, 7) is 3.70. The molecule has 0 unspecified atom stereocenters. The van der Waals surface area contributed by atoms with Gasteiger partial charge >= 0.3 is 5.97 Å². The predicted octanol–water partition coefficient (Wildman–Crippen LogP) is 2.38. The van der Waals surface area contributed by atoms with Gasteiger partial charge in [-0.1, -0.05) is 0 Å². The van der Waals surface area contributed by atoms with Crippen LogP contribution in [0, 0.1) is 18.3 Å². The zero-order valence-electron chi connectivity index (χ0n) is 13.1. The summed E-state index contributed by atoms with van der Waals surface area (Å²) in [7, 11) is 1.67. The highest BCUT2D eigenvalue weighted by molar-refractivity contribution is 6.08. The van der Waals surface area contributed by atoms with Crippen molar-refractivity contribution < 1.29 is 9.53 Å². The molecule has 3 rings (SSSR count). The lowest BCUT2D eigenvalue weighted by Gasteiger charge is -2.06. The van der Waals surface area contributed by atoms with Crippen molar-refractivity contribution >= 4 is 27.8 Å². The Hall–Kier alpha value is -3.07. The van der Waals surface area contributed by atoms with Gasteiger partial charge in [-0.05, 0) is 37.6 Å². The third kappa shape index (κ3) is 2.09. The average molecular weight is 309 g/mol. The zero-order chi connectivity index (χ0) is 16.7. The summed E-state index contributed by atoms with van der Waals surface area (Å²) in [5.74, 6) is -0.493. The summed E-state index contributed by atoms with van der Waals surface area (Å²) in [5, 5.41) is 10.3. The van der Waals surface area contributed by atoms with E-state index in [1.165, 1.54) is 4.57 Å². The molecule has 0 fully saturated rings. The minimum absolute atomic E-state index is 0.193. The molecule has 2 heterocycles. The summed E-state index contributed by atoms with van der Waals surface area (Å²) in [5.41, 5.74) is 2.37. The Balaban J connectivity index is 2.49. The Labute approximate surface area is 131 Å². The number of ether oxygens (including phenoxy) is 1. The monoisotopic (exact) mass is 309 g/mol. The second kappa shape index (κ2) is 5.29. The Morgan fingerprint density at radius 2 is 2.17 bits per heavy atom. The van der Waals surface area contributed by atoms with Crippen molar-refractivity contribution in [1.82, 2.24) is 9.55 Å². The summed E-state index contributed by atoms with van der Waals surface area (Å²) < 4.78 is 6.56. The number of nitrogens with one attached hydrogen (secondary N) is 1. The number of benzene rings is 1. The second-order valence-electron chi connectivity index (χ2n) is 5.30. The first-order valence-electron chi connectivity index (χ1n) is 7.21. The Morgan fingerprint density at radius 3 is 2.83 bits per heavy atom. The Bertz CT molecular complexity index is 1050. The molecular formula is C17H15N3O3. The van der Waals surface area contributed by atoms with Crippen molar-refractivity contribution in [3.63, 3.8) is 0 Å². The smallest absolute Gasteiger partial charge is 0.355 e. The number of pyridine rings is 1. The summed E-state index contributed by atoms with van der Waals surface area (Å²) in [6.07, 6.45) is 0. The molecule has 23 heavy (non-hydrogen) atoms. The van der Waals surface area contributed by atoms with Crippen LogP contribution >= 0.6 is 0 Å². The quantitative estimate of drug-likeness (QED) is 0.736. The van der Waals surface area contributed by atoms with Gasteiger partial charge in [0.15, 0.2) is 0 Å². The van der Waals surface area contributed by atoms with Crippen LogP contribution in [0.1, 0.15) is 28.5 Å². The maximum absolute atomic E-state index is 12.6. The maximum Gasteiger partial charge on any atom is 0.355 e. The van der Waals surface area contributed by atoms with Gasteiger partial charge in [0.1, 0.15) is 5.69 Å². The number of aromatic nitrogens is 2. The molecule has 6 nitrogen and oxygen atoms in total. The van der Waals surface area contributed by atoms with Gasteiger partial charge in [-0.3, -0.25) is 4.79 Å². The molecule has 1 N–H and O–H groups in total. The summed E-state index contributed by atoms with van der Waals surface area (Å²) in [6, 6.07) is 7.19. The van der Waals surface area contributed by atoms with E-state index in [2.05, 4.69) is 11.1 Å². The first-order valence-corrected chi connectivity index (χ1v) is 7.21. The molecule has 0 aliphatic rings. The van der Waals surface area contributed by atoms with E-state index in [1.54, 1.807) is 39.1 Å². The van der Waals surface area contributed by atoms with Gasteiger partial charge in [0.05, 0.1) is 34.7 Å². The van der Waals surface area contributed by atoms with Crippen molar-refractivity contribution in [3.05, 3.63) is 45.4 Å². The largest absolute Gasteiger partial charge is 0.461 e. The number of esters is 1. The normalized spacial score (nSPS) is 10.9. The minimum atomic E-state index is -0.493. The van der Waals surface area contributed by atoms with E-state index in [-0.39, 0.29) is 17.9 Å². The lowest BCUT2D eigenvalue weighted by Crippen LogP contribution is -2.17. The zero-order valence-corrected chi connectivity index (χ0v) is 13.1. The van der Waals surface area contributed by atoms with Gasteiger partial charge in [-0.15, -0.1) is 0 Å². The number of carbonyl (C=O) groups is 1. The van der Waals surface area contributed by atoms with E-state index >= 15 is 0 Å². The molecule has 2 aromatic heterocycles. The van der Waals surface area contributed by atoms with E-state index in [4.69, 9.17) is 10.00 Å². The third-order valence-corrected chi connectivity index (χ3v) is 4.00. The molecular weight excluding hydrogens is 294 g/mol. The van der Waals surface area contributed by atoms with Crippen LogP contribution in [0.4, 0.5) is 0 Å². The number of hydrogen-bond acceptors (Lipinski definition) is 4. The SMILES string of the molecule is CCOC(=O)c1[nH]c2c(c1C)c(=O)n(C)c1ccc(C#N)cc21. The van der Waals surface area contributed by atoms with Crippen LogP contribution in [0.3, 0.4) is 0 Å². The highest BCUT2D eigenvalue weighted by Gasteiger charge is 2.21. The first-order chi connectivity index (χ1) is 11.0. The number of hydrogen-bond donors (Lipinski definition) is 1. The van der Waals surface area contributed by atoms with E-state index in [0.717, 1.165) is 5.39 Å². The van der Waals surface area contributed by atoms with Crippen LogP contribution in [0.25, 0.3) is 21.8 Å². The highest BCUT2D eigenvalue weighted by atomic mass is 16.5. The van der Waals surface area contributed by atoms with Gasteiger partial charge in [-0.25, -0.2) is 4.79 Å². The van der Waals surface area contributed by atoms with Crippen molar-refractivity contribution in [3.8, 4) is 6.07 Å². The minimum Gasteiger partial charge on any atom is -0.461 e. The van der Waals surface area contributed by atoms with E-state index in [0.29, 0.717) is 27.5 Å². The Kier molecular flexibility index (Phi) is 3.41. The molecule has 1 aromatic carbocycles. The lowest BCUT2D eigenvalue weighted by molar-refractivity contribution is 0.0520. The van der Waals surface area contributed by atoms with Gasteiger partial charge < -0.3 is 14.3 Å². The molecule has 0 saturated heterocycles. The molecule has 0 spiro atoms. The highest BCUT2D eigenvalue weighted by Crippen LogP contribution is 2.27. The molecule has 6 heteroatoms. The van der Waals surface area contributed by atoms with Gasteiger partial charge in [0.25, 0.3) is 5.56 Å². The van der Waals surface area contributed by atoms with Crippen molar-refractivity contribution in [2.75, 3.05) is 6.61 Å². The first kappa shape index (κ1) is 14.9. The van der Waals surface area contributed by atoms with Crippen LogP contribution in [-0.2, 0) is 11.8 Å². The van der Waals surface area contributed by atoms with Crippen LogP contribution in [0.15, 0.2) is 23.0 Å². The second-order valence-corrected chi connectivity index (χ2v) is 5.30. The number of carbonyl (C=O) groups excluding carboxylic acids is 1. The molecule has 0 saturated carbocycles. The molecule has 0 amide bonds. The lowest BCUT2D eigenvalue weighted by atomic mass is 10.1. The molecule has 116 valence electrons. The third-order valence-electron chi connectivity index (χ3n) is 4.00. The predicted molar refractivity (Wildman–Crippen MR) is 86.5 cm³/mol. The molecule has 3 aromatic rings. The van der Waals surface area contributed by atoms with E-state index in [1.807, 2.05) is 0 Å². The van der Waals surface area contributed by atoms with Crippen molar-refractivity contribution in [1.29, 1.82) is 5.26 Å². The van der Waals surface area contributed by atoms with Gasteiger partial charge in [0, 0.05) is 12.4 Å². The Morgan fingerprint density at radius 1 is 1.43 bits per heavy atom. The summed E-state index contributed by atoms with van der Waals surface area (Å²) in [4.78, 5) is 27.7. The number of nitrogens with zero attached hydrogens (tertiary/aromatic N) is 2. The molecule has 0 aliphatic carbocycles. The summed E-state index contributed by atoms with van der Waals surface area (Å²) >= 11 is 0. The van der Waals surface area contributed by atoms with Crippen molar-refractivity contribution in [2.45, 2.75) is 13.8 Å². The average Bonchev–Trinajstić information content (AvgIpc) is 2.90. The van der Waals surface area contributed by atoms with Crippen LogP contribution in [-0.4, -0.2) is 22.1 Å². The number of H-pyrrole nitrogens is 1. The van der Waals surface area contributed by atoms with E-state index in [9.17, 15) is 9.59 Å². The number of aryl methyl sites for hydroxylation is 2. The number of fused-ring (bicyclic) bond motifs is 3. The van der Waals surface area contributed by atoms with Gasteiger partial charge in [0.2, 0.25) is 0 Å². The van der Waals surface area contributed by atoms with Crippen LogP contribution < -0.4 is 5.56 Å². The van der Waals surface area contributed by atoms with Crippen molar-refractivity contribution in [2.24, 2.45) is 7.05 Å². The topological polar surface area (TPSA) is 87.9 Å². The molecule has 0 aliphatic heterocycles. The molecule has 0 radical (unpaired) electrons. The fraction of sp³-hybridized carbons (Fsp3) is 0.235. The van der Waals surface area contributed by atoms with Crippen LogP contribution in [0.2, 0.25) is 0 Å². The maximum atomic E-state index is 12.6.